The van der Waals surface area contributed by atoms with Crippen molar-refractivity contribution in [2.45, 2.75) is 25.0 Å². The molecule has 2 rings (SSSR count). The summed E-state index contributed by atoms with van der Waals surface area (Å²) in [7, 11) is -3.37. The van der Waals surface area contributed by atoms with E-state index in [-0.39, 0.29) is 5.25 Å². The first-order valence-corrected chi connectivity index (χ1v) is 8.46. The van der Waals surface area contributed by atoms with Crippen LogP contribution in [0, 0.1) is 18.8 Å². The molecule has 3 N–H and O–H groups in total. The molecule has 1 aliphatic rings. The van der Waals surface area contributed by atoms with Crippen LogP contribution in [-0.4, -0.2) is 33.4 Å². The maximum absolute atomic E-state index is 12.4. The molecule has 0 amide bonds. The van der Waals surface area contributed by atoms with Crippen LogP contribution in [0.4, 0.5) is 5.69 Å². The Kier molecular flexibility index (Phi) is 5.23. The van der Waals surface area contributed by atoms with E-state index < -0.39 is 10.0 Å². The van der Waals surface area contributed by atoms with E-state index in [2.05, 4.69) is 16.6 Å². The monoisotopic (exact) mass is 308 g/mol. The molecule has 0 atom stereocenters. The summed E-state index contributed by atoms with van der Waals surface area (Å²) in [5.74, 6) is 5.71. The predicted molar refractivity (Wildman–Crippen MR) is 83.5 cm³/mol. The fourth-order valence-electron chi connectivity index (χ4n) is 2.23. The van der Waals surface area contributed by atoms with Crippen LogP contribution in [0.25, 0.3) is 0 Å². The van der Waals surface area contributed by atoms with Crippen molar-refractivity contribution in [3.8, 4) is 11.8 Å². The smallest absolute Gasteiger partial charge is 0.235 e. The average molecular weight is 308 g/mol. The minimum Gasteiger partial charge on any atom is -0.381 e. The van der Waals surface area contributed by atoms with Crippen molar-refractivity contribution < 1.29 is 13.2 Å². The average Bonchev–Trinajstić information content (AvgIpc) is 2.48. The summed E-state index contributed by atoms with van der Waals surface area (Å²) in [5, 5.41) is -0.387. The zero-order valence-electron chi connectivity index (χ0n) is 12.1. The highest BCUT2D eigenvalue weighted by molar-refractivity contribution is 7.93. The van der Waals surface area contributed by atoms with E-state index >= 15 is 0 Å². The minimum absolute atomic E-state index is 0.303. The second-order valence-electron chi connectivity index (χ2n) is 4.99. The molecular formula is C15H20N2O3S. The van der Waals surface area contributed by atoms with Crippen LogP contribution < -0.4 is 10.5 Å². The summed E-state index contributed by atoms with van der Waals surface area (Å²) in [4.78, 5) is 0. The van der Waals surface area contributed by atoms with Gasteiger partial charge in [0.25, 0.3) is 0 Å². The lowest BCUT2D eigenvalue weighted by atomic mass is 10.1. The van der Waals surface area contributed by atoms with Crippen LogP contribution in [0.15, 0.2) is 18.2 Å². The first-order valence-electron chi connectivity index (χ1n) is 6.92. The van der Waals surface area contributed by atoms with Crippen molar-refractivity contribution in [1.29, 1.82) is 0 Å². The Bertz CT molecular complexity index is 653. The molecule has 1 saturated heterocycles. The Balaban J connectivity index is 2.15. The van der Waals surface area contributed by atoms with E-state index in [1.54, 1.807) is 12.1 Å². The summed E-state index contributed by atoms with van der Waals surface area (Å²) in [6, 6.07) is 5.38. The number of sulfonamides is 1. The molecule has 1 aromatic carbocycles. The zero-order chi connectivity index (χ0) is 15.3. The highest BCUT2D eigenvalue weighted by Crippen LogP contribution is 2.22. The van der Waals surface area contributed by atoms with Gasteiger partial charge in [-0.2, -0.15) is 0 Å². The van der Waals surface area contributed by atoms with Crippen LogP contribution in [-0.2, 0) is 14.8 Å². The highest BCUT2D eigenvalue weighted by atomic mass is 32.2. The number of anilines is 1. The second-order valence-corrected chi connectivity index (χ2v) is 6.96. The quantitative estimate of drug-likeness (QED) is 0.823. The normalized spacial score (nSPS) is 16.1. The van der Waals surface area contributed by atoms with E-state index in [1.165, 1.54) is 0 Å². The first kappa shape index (κ1) is 15.8. The largest absolute Gasteiger partial charge is 0.381 e. The Hall–Kier alpha value is -1.55. The van der Waals surface area contributed by atoms with Crippen LogP contribution >= 0.6 is 0 Å². The van der Waals surface area contributed by atoms with Gasteiger partial charge in [-0.25, -0.2) is 8.42 Å². The second kappa shape index (κ2) is 6.94. The molecule has 0 aromatic heterocycles. The van der Waals surface area contributed by atoms with Crippen molar-refractivity contribution in [2.24, 2.45) is 5.73 Å². The van der Waals surface area contributed by atoms with Crippen LogP contribution in [0.1, 0.15) is 24.0 Å². The predicted octanol–water partition coefficient (Wildman–Crippen LogP) is 1.23. The van der Waals surface area contributed by atoms with E-state index in [1.807, 2.05) is 13.0 Å². The molecule has 21 heavy (non-hydrogen) atoms. The van der Waals surface area contributed by atoms with Gasteiger partial charge < -0.3 is 10.5 Å². The number of nitrogens with two attached hydrogens (primary N) is 1. The van der Waals surface area contributed by atoms with Crippen molar-refractivity contribution in [3.63, 3.8) is 0 Å². The van der Waals surface area contributed by atoms with E-state index in [0.29, 0.717) is 38.3 Å². The van der Waals surface area contributed by atoms with Gasteiger partial charge in [0.05, 0.1) is 17.5 Å². The topological polar surface area (TPSA) is 81.4 Å². The Morgan fingerprint density at radius 3 is 2.71 bits per heavy atom. The molecule has 5 nitrogen and oxygen atoms in total. The van der Waals surface area contributed by atoms with Crippen molar-refractivity contribution in [3.05, 3.63) is 29.3 Å². The number of hydrogen-bond donors (Lipinski definition) is 2. The van der Waals surface area contributed by atoms with Gasteiger partial charge in [-0.1, -0.05) is 11.8 Å². The van der Waals surface area contributed by atoms with Gasteiger partial charge in [0.2, 0.25) is 10.0 Å². The van der Waals surface area contributed by atoms with E-state index in [4.69, 9.17) is 10.5 Å². The standard InChI is InChI=1S/C15H20N2O3S/c1-12-11-13(3-2-8-16)4-5-15(12)17-21(18,19)14-6-9-20-10-7-14/h4-5,11,14,17H,6-10,16H2,1H3. The lowest BCUT2D eigenvalue weighted by Crippen LogP contribution is -2.33. The number of ether oxygens (including phenoxy) is 1. The van der Waals surface area contributed by atoms with Crippen LogP contribution in [0.3, 0.4) is 0 Å². The third-order valence-corrected chi connectivity index (χ3v) is 5.27. The number of rotatable bonds is 3. The van der Waals surface area contributed by atoms with Crippen LogP contribution in [0.2, 0.25) is 0 Å². The highest BCUT2D eigenvalue weighted by Gasteiger charge is 2.27. The molecule has 1 heterocycles. The summed E-state index contributed by atoms with van der Waals surface area (Å²) >= 11 is 0. The molecule has 1 fully saturated rings. The molecule has 0 aliphatic carbocycles. The third-order valence-electron chi connectivity index (χ3n) is 3.42. The summed E-state index contributed by atoms with van der Waals surface area (Å²) < 4.78 is 32.6. The molecule has 0 spiro atoms. The lowest BCUT2D eigenvalue weighted by Gasteiger charge is -2.23. The van der Waals surface area contributed by atoms with Gasteiger partial charge in [0, 0.05) is 18.8 Å². The Labute approximate surface area is 125 Å². The fourth-order valence-corrected chi connectivity index (χ4v) is 3.75. The molecule has 0 unspecified atom stereocenters. The molecule has 0 radical (unpaired) electrons. The number of aryl methyl sites for hydroxylation is 1. The Morgan fingerprint density at radius 2 is 2.10 bits per heavy atom. The van der Waals surface area contributed by atoms with Gasteiger partial charge in [-0.15, -0.1) is 0 Å². The molecule has 1 aromatic rings. The third kappa shape index (κ3) is 4.21. The molecule has 0 bridgehead atoms. The maximum atomic E-state index is 12.4. The maximum Gasteiger partial charge on any atom is 0.235 e. The molecule has 114 valence electrons. The lowest BCUT2D eigenvalue weighted by molar-refractivity contribution is 0.0984. The first-order chi connectivity index (χ1) is 10.0. The van der Waals surface area contributed by atoms with Gasteiger partial charge in [-0.3, -0.25) is 4.72 Å². The summed E-state index contributed by atoms with van der Waals surface area (Å²) in [6.07, 6.45) is 1.07. The summed E-state index contributed by atoms with van der Waals surface area (Å²) in [6.45, 7) is 3.16. The van der Waals surface area contributed by atoms with E-state index in [9.17, 15) is 8.42 Å². The van der Waals surface area contributed by atoms with Crippen molar-refractivity contribution >= 4 is 15.7 Å². The van der Waals surface area contributed by atoms with Gasteiger partial charge in [-0.05, 0) is 43.5 Å². The van der Waals surface area contributed by atoms with Gasteiger partial charge in [0.15, 0.2) is 0 Å². The van der Waals surface area contributed by atoms with Crippen LogP contribution in [0.5, 0.6) is 0 Å². The Morgan fingerprint density at radius 1 is 1.38 bits per heavy atom. The molecule has 6 heteroatoms. The number of nitrogens with one attached hydrogen (secondary N) is 1. The van der Waals surface area contributed by atoms with Gasteiger partial charge in [0.1, 0.15) is 0 Å². The molecule has 1 aliphatic heterocycles. The van der Waals surface area contributed by atoms with E-state index in [0.717, 1.165) is 11.1 Å². The van der Waals surface area contributed by atoms with Crippen molar-refractivity contribution in [2.75, 3.05) is 24.5 Å². The zero-order valence-corrected chi connectivity index (χ0v) is 12.9. The van der Waals surface area contributed by atoms with Gasteiger partial charge >= 0.3 is 0 Å². The minimum atomic E-state index is -3.37. The fraction of sp³-hybridized carbons (Fsp3) is 0.467. The molecule has 0 saturated carbocycles. The SMILES string of the molecule is Cc1cc(C#CCN)ccc1NS(=O)(=O)C1CCOCC1. The summed E-state index contributed by atoms with van der Waals surface area (Å²) in [5.41, 5.74) is 7.60. The number of benzene rings is 1. The molecular weight excluding hydrogens is 288 g/mol. The number of hydrogen-bond acceptors (Lipinski definition) is 4. The van der Waals surface area contributed by atoms with Crippen molar-refractivity contribution in [1.82, 2.24) is 0 Å².